The van der Waals surface area contributed by atoms with Crippen LogP contribution in [0, 0.1) is 11.7 Å². The monoisotopic (exact) mass is 771 g/mol. The summed E-state index contributed by atoms with van der Waals surface area (Å²) >= 11 is 0. The quantitative estimate of drug-likeness (QED) is 0.0212. The first-order valence-electron chi connectivity index (χ1n) is 14.7. The van der Waals surface area contributed by atoms with Gasteiger partial charge >= 0.3 is 7.82 Å². The fourth-order valence-electron chi connectivity index (χ4n) is 4.02. The summed E-state index contributed by atoms with van der Waals surface area (Å²) in [6.45, 7) is 0.745. The first-order valence-corrected chi connectivity index (χ1v) is 21.5. The Morgan fingerprint density at radius 3 is 2.65 bits per heavy atom. The van der Waals surface area contributed by atoms with Crippen molar-refractivity contribution in [2.45, 2.75) is 35.5 Å². The summed E-state index contributed by atoms with van der Waals surface area (Å²) in [6, 6.07) is 6.52. The number of hydrogen-bond donors (Lipinski definition) is 6. The number of amides is 2. The summed E-state index contributed by atoms with van der Waals surface area (Å²) in [5, 5.41) is 15.1. The fraction of sp³-hybridized carbons (Fsp3) is 0.630. The maximum atomic E-state index is 12.2. The maximum absolute atomic E-state index is 12.2. The second-order valence-corrected chi connectivity index (χ2v) is 16.2. The molecule has 2 unspecified atom stereocenters. The van der Waals surface area contributed by atoms with Crippen LogP contribution in [0.4, 0.5) is 0 Å². The molecule has 15 nitrogen and oxygen atoms in total. The Hall–Kier alpha value is -1.15. The molecular formula is C27H43BN3O12PS4. The van der Waals surface area contributed by atoms with Crippen LogP contribution in [-0.2, 0) is 32.8 Å². The van der Waals surface area contributed by atoms with Crippen molar-refractivity contribution in [3.05, 3.63) is 29.8 Å². The molecule has 1 aromatic carbocycles. The number of aliphatic hydroxyl groups excluding tert-OH is 1. The third-order valence-corrected chi connectivity index (χ3v) is 10.3. The molecule has 1 saturated heterocycles. The van der Waals surface area contributed by atoms with Crippen LogP contribution in [0.2, 0.25) is 0 Å². The van der Waals surface area contributed by atoms with E-state index in [-0.39, 0.29) is 69.4 Å². The summed E-state index contributed by atoms with van der Waals surface area (Å²) in [6.07, 6.45) is 3.02. The molecular weight excluding hydrogens is 728 g/mol. The van der Waals surface area contributed by atoms with Gasteiger partial charge in [0, 0.05) is 24.7 Å². The summed E-state index contributed by atoms with van der Waals surface area (Å²) in [5.74, 6) is 5.78. The number of nitrogens with two attached hydrogens (primary N) is 1. The first-order chi connectivity index (χ1) is 23.1. The molecule has 0 aromatic heterocycles. The predicted octanol–water partition coefficient (Wildman–Crippen LogP) is 0.577. The Balaban J connectivity index is 1.64. The van der Waals surface area contributed by atoms with Crippen LogP contribution in [0.3, 0.4) is 0 Å². The van der Waals surface area contributed by atoms with Gasteiger partial charge in [-0.25, -0.2) is 4.57 Å². The first kappa shape index (κ1) is 43.0. The SMILES string of the molecule is CSSC(COc1cccc(C(=O)NCCN)c1)OCCOCC(=O)NCC#CB[C@H]1C[C@@H](O[C@H](COP(=O)(O)O)SSC)C(CO)O1. The van der Waals surface area contributed by atoms with Crippen LogP contribution >= 0.6 is 51.0 Å². The molecule has 48 heavy (non-hydrogen) atoms. The number of hydrogen-bond acceptors (Lipinski definition) is 15. The number of carbonyl (C=O) groups is 2. The standard InChI is InChI=1S/C27H43BN3O12PS4/c1-45-47-25(17-40-20-6-3-5-19(13-20)27(34)31-10-8-29)39-12-11-38-16-24(33)30-9-4-7-28-23-14-21(22(15-32)42-23)43-26(48-46-2)18-41-44(35,36)37/h3,5-6,13,21-23,25-26,28,32H,8-12,14-18,29H2,1-2H3,(H,30,33)(H,31,34)(H2,35,36,37)/t21-,22?,23-,25?,26+/m1/s1. The van der Waals surface area contributed by atoms with E-state index >= 15 is 0 Å². The molecule has 0 radical (unpaired) electrons. The lowest BCUT2D eigenvalue weighted by Crippen LogP contribution is -2.32. The van der Waals surface area contributed by atoms with E-state index in [1.807, 2.05) is 6.26 Å². The highest BCUT2D eigenvalue weighted by molar-refractivity contribution is 8.76. The van der Waals surface area contributed by atoms with Crippen LogP contribution in [0.15, 0.2) is 24.3 Å². The van der Waals surface area contributed by atoms with E-state index in [9.17, 15) is 19.3 Å². The molecule has 0 bridgehead atoms. The van der Waals surface area contributed by atoms with Crippen molar-refractivity contribution < 1.29 is 57.3 Å². The van der Waals surface area contributed by atoms with E-state index in [4.69, 9.17) is 39.2 Å². The van der Waals surface area contributed by atoms with Crippen LogP contribution in [-0.4, -0.2) is 135 Å². The second kappa shape index (κ2) is 24.9. The zero-order valence-electron chi connectivity index (χ0n) is 26.6. The van der Waals surface area contributed by atoms with Gasteiger partial charge in [0.25, 0.3) is 5.91 Å². The zero-order chi connectivity index (χ0) is 35.2. The number of phosphoric acid groups is 1. The maximum Gasteiger partial charge on any atom is 0.469 e. The largest absolute Gasteiger partial charge is 0.490 e. The summed E-state index contributed by atoms with van der Waals surface area (Å²) in [5.41, 5.74) is 4.92. The van der Waals surface area contributed by atoms with Gasteiger partial charge < -0.3 is 54.9 Å². The molecule has 21 heteroatoms. The predicted molar refractivity (Wildman–Crippen MR) is 191 cm³/mol. The number of benzene rings is 1. The number of nitrogens with one attached hydrogen (secondary N) is 2. The van der Waals surface area contributed by atoms with Crippen molar-refractivity contribution in [3.63, 3.8) is 0 Å². The molecule has 1 aliphatic rings. The van der Waals surface area contributed by atoms with E-state index in [1.165, 1.54) is 43.2 Å². The summed E-state index contributed by atoms with van der Waals surface area (Å²) < 4.78 is 44.4. The van der Waals surface area contributed by atoms with Crippen LogP contribution in [0.1, 0.15) is 16.8 Å². The molecule has 7 N–H and O–H groups in total. The topological polar surface area (TPSA) is 217 Å². The summed E-state index contributed by atoms with van der Waals surface area (Å²) in [4.78, 5) is 42.2. The van der Waals surface area contributed by atoms with Gasteiger partial charge in [-0.15, -0.1) is 0 Å². The lowest BCUT2D eigenvalue weighted by molar-refractivity contribution is -0.126. The third-order valence-electron chi connectivity index (χ3n) is 6.07. The highest BCUT2D eigenvalue weighted by Crippen LogP contribution is 2.39. The van der Waals surface area contributed by atoms with Gasteiger partial charge in [0.2, 0.25) is 13.2 Å². The van der Waals surface area contributed by atoms with Crippen LogP contribution < -0.4 is 21.1 Å². The van der Waals surface area contributed by atoms with Crippen LogP contribution in [0.5, 0.6) is 5.75 Å². The third kappa shape index (κ3) is 18.7. The van der Waals surface area contributed by atoms with E-state index in [0.717, 1.165) is 0 Å². The van der Waals surface area contributed by atoms with E-state index in [0.29, 0.717) is 38.1 Å². The minimum atomic E-state index is -4.65. The molecule has 0 saturated carbocycles. The highest BCUT2D eigenvalue weighted by atomic mass is 33.1. The molecule has 1 heterocycles. The van der Waals surface area contributed by atoms with Crippen molar-refractivity contribution >= 4 is 70.1 Å². The minimum Gasteiger partial charge on any atom is -0.490 e. The van der Waals surface area contributed by atoms with Gasteiger partial charge in [0.05, 0.1) is 39.1 Å². The number of phosphoric ester groups is 1. The average molecular weight is 772 g/mol. The smallest absolute Gasteiger partial charge is 0.469 e. The Morgan fingerprint density at radius 1 is 1.17 bits per heavy atom. The number of aliphatic hydroxyl groups is 1. The molecule has 0 aliphatic carbocycles. The fourth-order valence-corrected chi connectivity index (χ4v) is 7.39. The van der Waals surface area contributed by atoms with Crippen molar-refractivity contribution in [2.24, 2.45) is 5.73 Å². The lowest BCUT2D eigenvalue weighted by atomic mass is 9.71. The van der Waals surface area contributed by atoms with Crippen molar-refractivity contribution in [3.8, 4) is 17.5 Å². The van der Waals surface area contributed by atoms with Gasteiger partial charge in [-0.1, -0.05) is 55.2 Å². The molecule has 1 aliphatic heterocycles. The van der Waals surface area contributed by atoms with Gasteiger partial charge in [0.15, 0.2) is 0 Å². The Kier molecular flexibility index (Phi) is 22.3. The Labute approximate surface area is 297 Å². The highest BCUT2D eigenvalue weighted by Gasteiger charge is 2.37. The lowest BCUT2D eigenvalue weighted by Gasteiger charge is -2.23. The molecule has 0 spiro atoms. The van der Waals surface area contributed by atoms with Gasteiger partial charge in [-0.05, 0) is 37.1 Å². The normalized spacial score (nSPS) is 18.8. The van der Waals surface area contributed by atoms with Crippen LogP contribution in [0.25, 0.3) is 0 Å². The molecule has 2 rings (SSSR count). The molecule has 1 fully saturated rings. The minimum absolute atomic E-state index is 0.112. The average Bonchev–Trinajstić information content (AvgIpc) is 3.45. The van der Waals surface area contributed by atoms with E-state index in [1.54, 1.807) is 30.5 Å². The van der Waals surface area contributed by atoms with Gasteiger partial charge in [-0.3, -0.25) is 14.1 Å². The second-order valence-electron chi connectivity index (χ2n) is 9.70. The van der Waals surface area contributed by atoms with Crippen molar-refractivity contribution in [1.82, 2.24) is 10.6 Å². The van der Waals surface area contributed by atoms with Crippen molar-refractivity contribution in [2.75, 3.05) is 71.8 Å². The van der Waals surface area contributed by atoms with E-state index in [2.05, 4.69) is 26.9 Å². The van der Waals surface area contributed by atoms with Gasteiger partial charge in [-0.2, -0.15) is 5.82 Å². The number of rotatable bonds is 24. The Bertz CT molecular complexity index is 1210. The van der Waals surface area contributed by atoms with E-state index < -0.39 is 25.5 Å². The number of carbonyl (C=O) groups excluding carboxylic acids is 2. The Morgan fingerprint density at radius 2 is 1.94 bits per heavy atom. The molecule has 2 amide bonds. The number of ether oxygens (including phenoxy) is 5. The summed E-state index contributed by atoms with van der Waals surface area (Å²) in [7, 11) is 1.29. The molecule has 270 valence electrons. The zero-order valence-corrected chi connectivity index (χ0v) is 30.8. The molecule has 5 atom stereocenters. The van der Waals surface area contributed by atoms with Crippen molar-refractivity contribution in [1.29, 1.82) is 0 Å². The van der Waals surface area contributed by atoms with Gasteiger partial charge in [0.1, 0.15) is 35.9 Å². The molecule has 1 aromatic rings.